The van der Waals surface area contributed by atoms with Gasteiger partial charge in [0, 0.05) is 12.6 Å². The number of ether oxygens (including phenoxy) is 1. The Morgan fingerprint density at radius 3 is 2.72 bits per heavy atom. The molecule has 2 unspecified atom stereocenters. The summed E-state index contributed by atoms with van der Waals surface area (Å²) in [5.41, 5.74) is 0. The number of halogens is 1. The molecule has 0 aliphatic carbocycles. The van der Waals surface area contributed by atoms with Crippen LogP contribution in [0.3, 0.4) is 0 Å². The Kier molecular flexibility index (Phi) is 4.28. The molecular formula is C13H16FN3O. The van der Waals surface area contributed by atoms with Crippen LogP contribution in [0, 0.1) is 5.92 Å². The molecule has 1 aromatic carbocycles. The first-order valence-corrected chi connectivity index (χ1v) is 5.93. The van der Waals surface area contributed by atoms with Crippen LogP contribution in [0.4, 0.5) is 4.39 Å². The van der Waals surface area contributed by atoms with Gasteiger partial charge >= 0.3 is 0 Å². The van der Waals surface area contributed by atoms with E-state index in [-0.39, 0.29) is 18.8 Å². The summed E-state index contributed by atoms with van der Waals surface area (Å²) < 4.78 is 20.1. The van der Waals surface area contributed by atoms with Crippen LogP contribution in [0.2, 0.25) is 0 Å². The molecule has 2 aromatic rings. The Morgan fingerprint density at radius 1 is 1.33 bits per heavy atom. The van der Waals surface area contributed by atoms with E-state index >= 15 is 0 Å². The second-order valence-corrected chi connectivity index (χ2v) is 4.26. The molecule has 18 heavy (non-hydrogen) atoms. The molecule has 5 heteroatoms. The van der Waals surface area contributed by atoms with Gasteiger partial charge in [0.05, 0.1) is 12.9 Å². The molecule has 1 heterocycles. The highest BCUT2D eigenvalue weighted by atomic mass is 19.1. The van der Waals surface area contributed by atoms with Crippen molar-refractivity contribution in [3.63, 3.8) is 0 Å². The number of hydrogen-bond acceptors (Lipinski definition) is 3. The molecule has 0 saturated carbocycles. The van der Waals surface area contributed by atoms with Crippen LogP contribution in [0.15, 0.2) is 42.7 Å². The molecule has 0 bridgehead atoms. The summed E-state index contributed by atoms with van der Waals surface area (Å²) in [5, 5.41) is 7.68. The van der Waals surface area contributed by atoms with Crippen molar-refractivity contribution >= 4 is 0 Å². The van der Waals surface area contributed by atoms with Crippen molar-refractivity contribution < 1.29 is 9.13 Å². The van der Waals surface area contributed by atoms with Crippen LogP contribution in [0.1, 0.15) is 19.6 Å². The lowest BCUT2D eigenvalue weighted by atomic mass is 10.1. The van der Waals surface area contributed by atoms with Crippen molar-refractivity contribution in [3.05, 3.63) is 42.7 Å². The largest absolute Gasteiger partial charge is 0.469 e. The summed E-state index contributed by atoms with van der Waals surface area (Å²) >= 11 is 0. The molecule has 1 aromatic heterocycles. The van der Waals surface area contributed by atoms with Crippen molar-refractivity contribution in [1.29, 1.82) is 0 Å². The van der Waals surface area contributed by atoms with E-state index in [0.29, 0.717) is 6.42 Å². The maximum Gasteiger partial charge on any atom is 0.193 e. The third kappa shape index (κ3) is 3.29. The lowest BCUT2D eigenvalue weighted by molar-refractivity contribution is 0.0849. The molecule has 0 fully saturated rings. The van der Waals surface area contributed by atoms with Gasteiger partial charge in [-0.25, -0.2) is 4.68 Å². The second kappa shape index (κ2) is 6.14. The number of alkyl halides is 1. The van der Waals surface area contributed by atoms with Gasteiger partial charge < -0.3 is 4.74 Å². The lowest BCUT2D eigenvalue weighted by Crippen LogP contribution is -2.20. The van der Waals surface area contributed by atoms with Gasteiger partial charge in [-0.3, -0.25) is 4.39 Å². The molecule has 2 rings (SSSR count). The van der Waals surface area contributed by atoms with E-state index in [1.165, 1.54) is 0 Å². The van der Waals surface area contributed by atoms with Crippen LogP contribution in [0.5, 0.6) is 5.75 Å². The minimum absolute atomic E-state index is 0.0806. The Morgan fingerprint density at radius 2 is 2.11 bits per heavy atom. The fourth-order valence-electron chi connectivity index (χ4n) is 1.64. The molecule has 0 saturated heterocycles. The van der Waals surface area contributed by atoms with Crippen molar-refractivity contribution in [3.8, 4) is 5.75 Å². The van der Waals surface area contributed by atoms with E-state index in [1.807, 2.05) is 37.3 Å². The highest BCUT2D eigenvalue weighted by Gasteiger charge is 2.17. The van der Waals surface area contributed by atoms with Crippen molar-refractivity contribution in [2.45, 2.75) is 19.6 Å². The summed E-state index contributed by atoms with van der Waals surface area (Å²) in [5.74, 6) is 0.659. The second-order valence-electron chi connectivity index (χ2n) is 4.26. The van der Waals surface area contributed by atoms with E-state index < -0.39 is 0 Å². The van der Waals surface area contributed by atoms with E-state index in [2.05, 4.69) is 10.3 Å². The number of nitrogens with zero attached hydrogens (tertiary/aromatic N) is 3. The first kappa shape index (κ1) is 12.5. The van der Waals surface area contributed by atoms with E-state index in [4.69, 9.17) is 4.74 Å². The first-order chi connectivity index (χ1) is 8.79. The van der Waals surface area contributed by atoms with Crippen molar-refractivity contribution in [2.24, 2.45) is 5.92 Å². The maximum atomic E-state index is 12.6. The van der Waals surface area contributed by atoms with Crippen molar-refractivity contribution in [2.75, 3.05) is 6.67 Å². The van der Waals surface area contributed by atoms with Crippen LogP contribution in [-0.2, 0) is 0 Å². The summed E-state index contributed by atoms with van der Waals surface area (Å²) in [7, 11) is 0. The third-order valence-electron chi connectivity index (χ3n) is 2.62. The summed E-state index contributed by atoms with van der Waals surface area (Å²) in [4.78, 5) is 0. The smallest absolute Gasteiger partial charge is 0.193 e. The highest BCUT2D eigenvalue weighted by molar-refractivity contribution is 5.21. The van der Waals surface area contributed by atoms with Gasteiger partial charge in [0.1, 0.15) is 5.75 Å². The van der Waals surface area contributed by atoms with Crippen LogP contribution in [0.25, 0.3) is 0 Å². The Labute approximate surface area is 105 Å². The van der Waals surface area contributed by atoms with Gasteiger partial charge in [-0.2, -0.15) is 0 Å². The molecule has 0 N–H and O–H groups in total. The summed E-state index contributed by atoms with van der Waals surface area (Å²) in [6, 6.07) is 9.44. The zero-order chi connectivity index (χ0) is 12.8. The predicted octanol–water partition coefficient (Wildman–Crippen LogP) is 2.85. The average molecular weight is 249 g/mol. The molecular weight excluding hydrogens is 233 g/mol. The van der Waals surface area contributed by atoms with Gasteiger partial charge in [-0.05, 0) is 18.1 Å². The van der Waals surface area contributed by atoms with Gasteiger partial charge in [0.25, 0.3) is 0 Å². The van der Waals surface area contributed by atoms with Gasteiger partial charge in [0.15, 0.2) is 6.23 Å². The Bertz CT molecular complexity index is 447. The molecule has 96 valence electrons. The zero-order valence-electron chi connectivity index (χ0n) is 10.2. The van der Waals surface area contributed by atoms with E-state index in [9.17, 15) is 4.39 Å². The van der Waals surface area contributed by atoms with Gasteiger partial charge in [-0.15, -0.1) is 5.10 Å². The minimum Gasteiger partial charge on any atom is -0.469 e. The predicted molar refractivity (Wildman–Crippen MR) is 65.9 cm³/mol. The van der Waals surface area contributed by atoms with Crippen LogP contribution in [-0.4, -0.2) is 21.7 Å². The highest BCUT2D eigenvalue weighted by Crippen LogP contribution is 2.22. The fourth-order valence-corrected chi connectivity index (χ4v) is 1.64. The number of hydrogen-bond donors (Lipinski definition) is 0. The van der Waals surface area contributed by atoms with Gasteiger partial charge in [0.2, 0.25) is 0 Å². The Balaban J connectivity index is 2.10. The molecule has 0 radical (unpaired) electrons. The number of benzene rings is 1. The molecule has 0 aliphatic heterocycles. The normalized spacial score (nSPS) is 14.1. The molecule has 0 amide bonds. The quantitative estimate of drug-likeness (QED) is 0.790. The fraction of sp³-hybridized carbons (Fsp3) is 0.385. The molecule has 0 aliphatic rings. The average Bonchev–Trinajstić information content (AvgIpc) is 2.93. The Hall–Kier alpha value is -1.91. The standard InChI is InChI=1S/C13H16FN3O/c1-11(10-14)9-13(17-8-7-15-16-17)18-12-5-3-2-4-6-12/h2-8,11,13H,9-10H2,1H3. The lowest BCUT2D eigenvalue weighted by Gasteiger charge is -2.21. The zero-order valence-corrected chi connectivity index (χ0v) is 10.2. The third-order valence-corrected chi connectivity index (χ3v) is 2.62. The monoisotopic (exact) mass is 249 g/mol. The number of aromatic nitrogens is 3. The maximum absolute atomic E-state index is 12.6. The van der Waals surface area contributed by atoms with Crippen molar-refractivity contribution in [1.82, 2.24) is 15.0 Å². The van der Waals surface area contributed by atoms with Crippen LogP contribution < -0.4 is 4.74 Å². The molecule has 4 nitrogen and oxygen atoms in total. The summed E-state index contributed by atoms with van der Waals surface area (Å²) in [6.07, 6.45) is 3.52. The van der Waals surface area contributed by atoms with E-state index in [1.54, 1.807) is 17.1 Å². The number of para-hydroxylation sites is 1. The SMILES string of the molecule is CC(CF)CC(Oc1ccccc1)n1ccnn1. The molecule has 0 spiro atoms. The topological polar surface area (TPSA) is 39.9 Å². The van der Waals surface area contributed by atoms with Gasteiger partial charge in [-0.1, -0.05) is 30.3 Å². The minimum atomic E-state index is -0.372. The van der Waals surface area contributed by atoms with Crippen LogP contribution >= 0.6 is 0 Å². The number of rotatable bonds is 6. The molecule has 2 atom stereocenters. The van der Waals surface area contributed by atoms with E-state index in [0.717, 1.165) is 5.75 Å². The summed E-state index contributed by atoms with van der Waals surface area (Å²) in [6.45, 7) is 1.47. The first-order valence-electron chi connectivity index (χ1n) is 5.93.